The van der Waals surface area contributed by atoms with Crippen molar-refractivity contribution in [2.75, 3.05) is 29.7 Å². The van der Waals surface area contributed by atoms with Gasteiger partial charge in [-0.25, -0.2) is 8.42 Å². The summed E-state index contributed by atoms with van der Waals surface area (Å²) in [5.74, 6) is 0.892. The van der Waals surface area contributed by atoms with Crippen LogP contribution in [0.5, 0.6) is 11.5 Å². The van der Waals surface area contributed by atoms with Gasteiger partial charge in [-0.15, -0.1) is 11.8 Å². The molecular formula is C22H20N2O5S2. The molecule has 3 aromatic carbocycles. The van der Waals surface area contributed by atoms with Gasteiger partial charge < -0.3 is 14.8 Å². The molecule has 0 radical (unpaired) electrons. The third-order valence-electron chi connectivity index (χ3n) is 4.84. The monoisotopic (exact) mass is 456 g/mol. The molecule has 4 rings (SSSR count). The summed E-state index contributed by atoms with van der Waals surface area (Å²) in [6, 6.07) is 18.2. The highest BCUT2D eigenvalue weighted by Gasteiger charge is 2.21. The lowest BCUT2D eigenvalue weighted by Crippen LogP contribution is -2.26. The maximum atomic E-state index is 12.9. The number of carbonyl (C=O) groups excluding carboxylic acids is 1. The third kappa shape index (κ3) is 4.33. The summed E-state index contributed by atoms with van der Waals surface area (Å²) < 4.78 is 37.6. The first-order valence-corrected chi connectivity index (χ1v) is 12.0. The predicted molar refractivity (Wildman–Crippen MR) is 121 cm³/mol. The molecule has 0 aliphatic carbocycles. The number of nitrogens with one attached hydrogen (secondary N) is 1. The Labute approximate surface area is 185 Å². The van der Waals surface area contributed by atoms with E-state index in [9.17, 15) is 13.2 Å². The molecule has 1 N–H and O–H groups in total. The molecule has 1 aliphatic rings. The van der Waals surface area contributed by atoms with E-state index in [1.165, 1.54) is 11.4 Å². The van der Waals surface area contributed by atoms with Gasteiger partial charge >= 0.3 is 0 Å². The number of ether oxygens (including phenoxy) is 2. The average molecular weight is 457 g/mol. The van der Waals surface area contributed by atoms with Gasteiger partial charge in [0.25, 0.3) is 15.9 Å². The van der Waals surface area contributed by atoms with Gasteiger partial charge in [0, 0.05) is 29.3 Å². The van der Waals surface area contributed by atoms with Crippen molar-refractivity contribution < 1.29 is 22.7 Å². The van der Waals surface area contributed by atoms with E-state index in [-0.39, 0.29) is 17.6 Å². The quantitative estimate of drug-likeness (QED) is 0.559. The second-order valence-corrected chi connectivity index (χ2v) is 9.57. The van der Waals surface area contributed by atoms with Crippen LogP contribution >= 0.6 is 11.8 Å². The van der Waals surface area contributed by atoms with E-state index in [1.54, 1.807) is 78.5 Å². The first-order chi connectivity index (χ1) is 14.9. The number of nitrogens with zero attached hydrogens (tertiary/aromatic N) is 1. The topological polar surface area (TPSA) is 84.9 Å². The Kier molecular flexibility index (Phi) is 5.79. The molecule has 1 aliphatic heterocycles. The zero-order chi connectivity index (χ0) is 22.0. The fourth-order valence-corrected chi connectivity index (χ4v) is 4.65. The van der Waals surface area contributed by atoms with Gasteiger partial charge in [0.15, 0.2) is 11.5 Å². The summed E-state index contributed by atoms with van der Waals surface area (Å²) in [6.45, 7) is 0.159. The van der Waals surface area contributed by atoms with Crippen LogP contribution in [0.15, 0.2) is 76.5 Å². The van der Waals surface area contributed by atoms with E-state index >= 15 is 0 Å². The lowest BCUT2D eigenvalue weighted by molar-refractivity contribution is 0.102. The van der Waals surface area contributed by atoms with E-state index < -0.39 is 10.0 Å². The van der Waals surface area contributed by atoms with Crippen LogP contribution in [0, 0.1) is 0 Å². The van der Waals surface area contributed by atoms with Crippen LogP contribution in [0.2, 0.25) is 0 Å². The van der Waals surface area contributed by atoms with Crippen molar-refractivity contribution in [2.45, 2.75) is 9.79 Å². The van der Waals surface area contributed by atoms with Crippen LogP contribution in [0.3, 0.4) is 0 Å². The van der Waals surface area contributed by atoms with E-state index in [1.807, 2.05) is 6.26 Å². The summed E-state index contributed by atoms with van der Waals surface area (Å²) >= 11 is 1.54. The molecule has 7 nitrogen and oxygen atoms in total. The highest BCUT2D eigenvalue weighted by atomic mass is 32.2. The van der Waals surface area contributed by atoms with E-state index in [0.29, 0.717) is 28.4 Å². The van der Waals surface area contributed by atoms with E-state index in [4.69, 9.17) is 9.47 Å². The van der Waals surface area contributed by atoms with Gasteiger partial charge in [-0.05, 0) is 66.9 Å². The second-order valence-electron chi connectivity index (χ2n) is 6.72. The van der Waals surface area contributed by atoms with E-state index in [2.05, 4.69) is 5.32 Å². The Hall–Kier alpha value is -3.17. The minimum atomic E-state index is -3.71. The minimum absolute atomic E-state index is 0.159. The molecule has 0 unspecified atom stereocenters. The van der Waals surface area contributed by atoms with Gasteiger partial charge in [-0.3, -0.25) is 9.10 Å². The van der Waals surface area contributed by atoms with Gasteiger partial charge in [0.05, 0.1) is 10.6 Å². The normalized spacial score (nSPS) is 12.5. The molecule has 0 saturated carbocycles. The highest BCUT2D eigenvalue weighted by Crippen LogP contribution is 2.34. The Balaban J connectivity index is 1.48. The predicted octanol–water partition coefficient (Wildman–Crippen LogP) is 4.21. The smallest absolute Gasteiger partial charge is 0.264 e. The number of fused-ring (bicyclic) bond motifs is 1. The first-order valence-electron chi connectivity index (χ1n) is 9.32. The van der Waals surface area contributed by atoms with Crippen LogP contribution in [0.25, 0.3) is 0 Å². The fourth-order valence-electron chi connectivity index (χ4n) is 3.04. The zero-order valence-corrected chi connectivity index (χ0v) is 18.5. The Morgan fingerprint density at radius 3 is 2.32 bits per heavy atom. The van der Waals surface area contributed by atoms with Crippen molar-refractivity contribution in [3.05, 3.63) is 72.3 Å². The number of rotatable bonds is 6. The molecule has 0 atom stereocenters. The van der Waals surface area contributed by atoms with Crippen molar-refractivity contribution in [2.24, 2.45) is 0 Å². The maximum Gasteiger partial charge on any atom is 0.264 e. The minimum Gasteiger partial charge on any atom is -0.454 e. The largest absolute Gasteiger partial charge is 0.454 e. The fraction of sp³-hybridized carbons (Fsp3) is 0.136. The molecule has 0 saturated heterocycles. The van der Waals surface area contributed by atoms with Crippen molar-refractivity contribution in [3.63, 3.8) is 0 Å². The molecule has 3 aromatic rings. The van der Waals surface area contributed by atoms with Crippen LogP contribution < -0.4 is 19.1 Å². The number of carbonyl (C=O) groups is 1. The third-order valence-corrected chi connectivity index (χ3v) is 7.38. The standard InChI is InChI=1S/C22H20N2O5S2/c1-24(31(26,27)19-10-8-18(30-2)9-11-19)17-6-3-15(4-7-17)22(25)23-16-5-12-20-21(13-16)29-14-28-20/h3-13H,14H2,1-2H3,(H,23,25). The lowest BCUT2D eigenvalue weighted by atomic mass is 10.2. The maximum absolute atomic E-state index is 12.9. The number of thioether (sulfide) groups is 1. The molecule has 1 amide bonds. The number of hydrogen-bond acceptors (Lipinski definition) is 6. The Bertz CT molecular complexity index is 1210. The molecular weight excluding hydrogens is 436 g/mol. The highest BCUT2D eigenvalue weighted by molar-refractivity contribution is 7.98. The van der Waals surface area contributed by atoms with Crippen molar-refractivity contribution >= 4 is 39.1 Å². The summed E-state index contributed by atoms with van der Waals surface area (Å²) in [6.07, 6.45) is 1.93. The Morgan fingerprint density at radius 1 is 0.968 bits per heavy atom. The summed E-state index contributed by atoms with van der Waals surface area (Å²) in [4.78, 5) is 13.7. The molecule has 160 valence electrons. The second kappa shape index (κ2) is 8.52. The summed E-state index contributed by atoms with van der Waals surface area (Å²) in [5.41, 5.74) is 1.43. The Morgan fingerprint density at radius 2 is 1.65 bits per heavy atom. The number of amides is 1. The molecule has 1 heterocycles. The van der Waals surface area contributed by atoms with Crippen LogP contribution in [0.4, 0.5) is 11.4 Å². The molecule has 0 aromatic heterocycles. The number of benzene rings is 3. The number of sulfonamides is 1. The SMILES string of the molecule is CSc1ccc(S(=O)(=O)N(C)c2ccc(C(=O)Nc3ccc4c(c3)OCO4)cc2)cc1. The molecule has 31 heavy (non-hydrogen) atoms. The van der Waals surface area contributed by atoms with Gasteiger partial charge in [0.1, 0.15) is 0 Å². The lowest BCUT2D eigenvalue weighted by Gasteiger charge is -2.20. The molecule has 0 fully saturated rings. The van der Waals surface area contributed by atoms with Crippen molar-refractivity contribution in [3.8, 4) is 11.5 Å². The molecule has 0 bridgehead atoms. The van der Waals surface area contributed by atoms with Crippen LogP contribution in [0.1, 0.15) is 10.4 Å². The van der Waals surface area contributed by atoms with Crippen molar-refractivity contribution in [1.29, 1.82) is 0 Å². The average Bonchev–Trinajstić information content (AvgIpc) is 3.26. The zero-order valence-electron chi connectivity index (χ0n) is 16.9. The van der Waals surface area contributed by atoms with Gasteiger partial charge in [-0.2, -0.15) is 0 Å². The van der Waals surface area contributed by atoms with Gasteiger partial charge in [-0.1, -0.05) is 0 Å². The van der Waals surface area contributed by atoms with Crippen LogP contribution in [-0.2, 0) is 10.0 Å². The summed E-state index contributed by atoms with van der Waals surface area (Å²) in [5, 5.41) is 2.80. The van der Waals surface area contributed by atoms with E-state index in [0.717, 1.165) is 4.90 Å². The van der Waals surface area contributed by atoms with Crippen LogP contribution in [-0.4, -0.2) is 34.4 Å². The van der Waals surface area contributed by atoms with Gasteiger partial charge in [0.2, 0.25) is 6.79 Å². The molecule has 9 heteroatoms. The molecule has 0 spiro atoms. The number of hydrogen-bond donors (Lipinski definition) is 1. The number of anilines is 2. The van der Waals surface area contributed by atoms with Crippen molar-refractivity contribution in [1.82, 2.24) is 0 Å². The first kappa shape index (κ1) is 21.1. The summed E-state index contributed by atoms with van der Waals surface area (Å²) in [7, 11) is -2.22.